The normalized spacial score (nSPS) is 18.4. The van der Waals surface area contributed by atoms with Gasteiger partial charge in [0.2, 0.25) is 5.91 Å². The average molecular weight is 555 g/mol. The zero-order chi connectivity index (χ0) is 27.9. The van der Waals surface area contributed by atoms with Gasteiger partial charge < -0.3 is 14.8 Å². The number of hydrogen-bond acceptors (Lipinski definition) is 6. The molecule has 2 aliphatic heterocycles. The second kappa shape index (κ2) is 13.0. The molecule has 0 saturated carbocycles. The van der Waals surface area contributed by atoms with Crippen molar-refractivity contribution >= 4 is 29.3 Å². The maximum atomic E-state index is 13.1. The van der Waals surface area contributed by atoms with Gasteiger partial charge in [-0.1, -0.05) is 17.7 Å². The number of pyridine rings is 1. The number of ether oxygens (including phenoxy) is 2. The van der Waals surface area contributed by atoms with Gasteiger partial charge in [-0.15, -0.1) is 0 Å². The highest BCUT2D eigenvalue weighted by Crippen LogP contribution is 2.26. The van der Waals surface area contributed by atoms with Gasteiger partial charge in [-0.3, -0.25) is 24.0 Å². The van der Waals surface area contributed by atoms with Gasteiger partial charge in [-0.25, -0.2) is 4.79 Å². The number of rotatable bonds is 10. The van der Waals surface area contributed by atoms with Gasteiger partial charge in [0.15, 0.2) is 5.75 Å². The van der Waals surface area contributed by atoms with Crippen LogP contribution in [-0.2, 0) is 9.53 Å². The number of aromatic nitrogens is 1. The molecule has 1 N–H and O–H groups in total. The highest BCUT2D eigenvalue weighted by molar-refractivity contribution is 6.29. The molecule has 0 bridgehead atoms. The van der Waals surface area contributed by atoms with Crippen LogP contribution in [-0.4, -0.2) is 66.9 Å². The predicted octanol–water partition coefficient (Wildman–Crippen LogP) is 4.15. The van der Waals surface area contributed by atoms with Crippen LogP contribution in [0.15, 0.2) is 64.1 Å². The van der Waals surface area contributed by atoms with Crippen molar-refractivity contribution in [1.82, 2.24) is 14.8 Å². The number of aryl methyl sites for hydroxylation is 1. The fourth-order valence-electron chi connectivity index (χ4n) is 4.64. The summed E-state index contributed by atoms with van der Waals surface area (Å²) in [4.78, 5) is 41.9. The Morgan fingerprint density at radius 1 is 1.18 bits per heavy atom. The molecule has 2 aromatic rings. The largest absolute Gasteiger partial charge is 0.487 e. The lowest BCUT2D eigenvalue weighted by Gasteiger charge is -2.17. The fourth-order valence-corrected chi connectivity index (χ4v) is 4.71. The lowest BCUT2D eigenvalue weighted by molar-refractivity contribution is -0.117. The number of nitrogens with one attached hydrogen (secondary N) is 1. The van der Waals surface area contributed by atoms with Gasteiger partial charge in [0, 0.05) is 29.0 Å². The predicted molar refractivity (Wildman–Crippen MR) is 152 cm³/mol. The van der Waals surface area contributed by atoms with E-state index in [1.807, 2.05) is 19.1 Å². The lowest BCUT2D eigenvalue weighted by atomic mass is 10.1. The van der Waals surface area contributed by atoms with Crippen LogP contribution in [0.5, 0.6) is 5.75 Å². The molecule has 39 heavy (non-hydrogen) atoms. The SMILES string of the molecule is C/C(Cl)=C\C=C(/C)C(=O)NCC1CN(c2ccc(-n3cccc(OCCN4CCCC4)c3=O)c(C)c2)C(=O)O1. The number of anilines is 1. The summed E-state index contributed by atoms with van der Waals surface area (Å²) in [6.07, 6.45) is 6.44. The number of halogens is 1. The van der Waals surface area contributed by atoms with E-state index in [1.54, 1.807) is 55.0 Å². The molecule has 9 nitrogen and oxygen atoms in total. The Balaban J connectivity index is 1.39. The average Bonchev–Trinajstić information content (AvgIpc) is 3.56. The van der Waals surface area contributed by atoms with E-state index in [1.165, 1.54) is 17.7 Å². The van der Waals surface area contributed by atoms with Crippen LogP contribution in [0.25, 0.3) is 5.69 Å². The van der Waals surface area contributed by atoms with Crippen LogP contribution < -0.4 is 20.5 Å². The molecule has 1 aromatic carbocycles. The number of allylic oxidation sites excluding steroid dienone is 3. The Hall–Kier alpha value is -3.56. The van der Waals surface area contributed by atoms with Crippen molar-refractivity contribution in [2.45, 2.75) is 39.7 Å². The van der Waals surface area contributed by atoms with E-state index in [2.05, 4.69) is 10.2 Å². The van der Waals surface area contributed by atoms with Crippen LogP contribution in [0.2, 0.25) is 0 Å². The van der Waals surface area contributed by atoms with Crippen molar-refractivity contribution in [3.05, 3.63) is 75.2 Å². The highest BCUT2D eigenvalue weighted by Gasteiger charge is 2.32. The molecular formula is C29H35ClN4O5. The molecule has 2 saturated heterocycles. The zero-order valence-corrected chi connectivity index (χ0v) is 23.4. The van der Waals surface area contributed by atoms with Crippen molar-refractivity contribution in [3.8, 4) is 11.4 Å². The van der Waals surface area contributed by atoms with Crippen LogP contribution >= 0.6 is 11.6 Å². The summed E-state index contributed by atoms with van der Waals surface area (Å²) in [7, 11) is 0. The monoisotopic (exact) mass is 554 g/mol. The van der Waals surface area contributed by atoms with Gasteiger partial charge in [0.05, 0.1) is 18.8 Å². The van der Waals surface area contributed by atoms with Gasteiger partial charge >= 0.3 is 6.09 Å². The van der Waals surface area contributed by atoms with Crippen molar-refractivity contribution in [1.29, 1.82) is 0 Å². The number of amides is 2. The minimum absolute atomic E-state index is 0.187. The van der Waals surface area contributed by atoms with E-state index >= 15 is 0 Å². The number of nitrogens with zero attached hydrogens (tertiary/aromatic N) is 3. The molecule has 4 rings (SSSR count). The van der Waals surface area contributed by atoms with Crippen LogP contribution in [0, 0.1) is 6.92 Å². The Kier molecular flexibility index (Phi) is 9.48. The first-order chi connectivity index (χ1) is 18.7. The molecule has 1 unspecified atom stereocenters. The van der Waals surface area contributed by atoms with Crippen LogP contribution in [0.4, 0.5) is 10.5 Å². The topological polar surface area (TPSA) is 93.1 Å². The minimum Gasteiger partial charge on any atom is -0.487 e. The summed E-state index contributed by atoms with van der Waals surface area (Å²) < 4.78 is 12.8. The summed E-state index contributed by atoms with van der Waals surface area (Å²) in [6, 6.07) is 8.92. The summed E-state index contributed by atoms with van der Waals surface area (Å²) in [5.74, 6) is 0.0543. The number of hydrogen-bond donors (Lipinski definition) is 1. The van der Waals surface area contributed by atoms with E-state index < -0.39 is 12.2 Å². The quantitative estimate of drug-likeness (QED) is 0.350. The molecule has 0 radical (unpaired) electrons. The van der Waals surface area contributed by atoms with Crippen molar-refractivity contribution in [2.75, 3.05) is 44.2 Å². The molecule has 2 aliphatic rings. The summed E-state index contributed by atoms with van der Waals surface area (Å²) >= 11 is 5.80. The van der Waals surface area contributed by atoms with Crippen molar-refractivity contribution in [3.63, 3.8) is 0 Å². The molecule has 0 spiro atoms. The van der Waals surface area contributed by atoms with Gasteiger partial charge in [-0.05, 0) is 88.7 Å². The number of carbonyl (C=O) groups excluding carboxylic acids is 2. The minimum atomic E-state index is -0.489. The number of carbonyl (C=O) groups is 2. The third-order valence-electron chi connectivity index (χ3n) is 6.81. The second-order valence-corrected chi connectivity index (χ2v) is 10.4. The molecule has 2 fully saturated rings. The fraction of sp³-hybridized carbons (Fsp3) is 0.414. The first-order valence-electron chi connectivity index (χ1n) is 13.2. The lowest BCUT2D eigenvalue weighted by Crippen LogP contribution is -2.35. The van der Waals surface area contributed by atoms with Gasteiger partial charge in [0.25, 0.3) is 5.56 Å². The molecule has 208 valence electrons. The van der Waals surface area contributed by atoms with E-state index in [0.29, 0.717) is 40.9 Å². The van der Waals surface area contributed by atoms with E-state index in [-0.39, 0.29) is 18.0 Å². The maximum Gasteiger partial charge on any atom is 0.414 e. The first-order valence-corrected chi connectivity index (χ1v) is 13.6. The Bertz CT molecular complexity index is 1330. The second-order valence-electron chi connectivity index (χ2n) is 9.85. The molecule has 1 atom stereocenters. The molecular weight excluding hydrogens is 520 g/mol. The smallest absolute Gasteiger partial charge is 0.414 e. The molecule has 3 heterocycles. The third-order valence-corrected chi connectivity index (χ3v) is 6.94. The third kappa shape index (κ3) is 7.30. The van der Waals surface area contributed by atoms with Gasteiger partial charge in [-0.2, -0.15) is 0 Å². The van der Waals surface area contributed by atoms with E-state index in [4.69, 9.17) is 21.1 Å². The molecule has 0 aliphatic carbocycles. The van der Waals surface area contributed by atoms with Gasteiger partial charge in [0.1, 0.15) is 12.7 Å². The van der Waals surface area contributed by atoms with E-state index in [0.717, 1.165) is 25.2 Å². The Morgan fingerprint density at radius 3 is 2.67 bits per heavy atom. The first kappa shape index (κ1) is 28.4. The van der Waals surface area contributed by atoms with E-state index in [9.17, 15) is 14.4 Å². The standard InChI is InChI=1S/C29H35ClN4O5/c1-20(8-9-22(3)30)27(35)31-18-24-19-34(29(37)39-24)23-10-11-25(21(2)17-23)33-14-6-7-26(28(33)36)38-16-15-32-12-4-5-13-32/h6-11,14,17,24H,4-5,12-13,15-16,18-19H2,1-3H3,(H,31,35)/b20-8+,22-9+. The van der Waals surface area contributed by atoms with Crippen molar-refractivity contribution in [2.24, 2.45) is 0 Å². The summed E-state index contributed by atoms with van der Waals surface area (Å²) in [5, 5.41) is 3.36. The van der Waals surface area contributed by atoms with Crippen LogP contribution in [0.1, 0.15) is 32.3 Å². The van der Waals surface area contributed by atoms with Crippen LogP contribution in [0.3, 0.4) is 0 Å². The molecule has 10 heteroatoms. The zero-order valence-electron chi connectivity index (χ0n) is 22.6. The highest BCUT2D eigenvalue weighted by atomic mass is 35.5. The number of likely N-dealkylation sites (tertiary alicyclic amines) is 1. The Morgan fingerprint density at radius 2 is 1.95 bits per heavy atom. The number of cyclic esters (lactones) is 1. The summed E-state index contributed by atoms with van der Waals surface area (Å²) in [6.45, 7) is 9.21. The Labute approximate surface area is 233 Å². The molecule has 1 aromatic heterocycles. The maximum absolute atomic E-state index is 13.1. The summed E-state index contributed by atoms with van der Waals surface area (Å²) in [5.41, 5.74) is 2.44. The molecule has 2 amide bonds. The number of benzene rings is 1. The van der Waals surface area contributed by atoms with Crippen molar-refractivity contribution < 1.29 is 19.1 Å².